The number of hydrogen-bond acceptors (Lipinski definition) is 9. The Morgan fingerprint density at radius 1 is 1.32 bits per heavy atom. The number of nitrogens with zero attached hydrogens (tertiary/aromatic N) is 3. The molecule has 15 heteroatoms. The van der Waals surface area contributed by atoms with Crippen molar-refractivity contribution in [3.63, 3.8) is 0 Å². The maximum absolute atomic E-state index is 14.8. The van der Waals surface area contributed by atoms with E-state index in [1.54, 1.807) is 18.2 Å². The molecule has 0 saturated carbocycles. The highest BCUT2D eigenvalue weighted by atomic mass is 35.5. The van der Waals surface area contributed by atoms with E-state index in [2.05, 4.69) is 9.88 Å². The van der Waals surface area contributed by atoms with Crippen LogP contribution in [0.3, 0.4) is 0 Å². The van der Waals surface area contributed by atoms with Crippen LogP contribution in [0.2, 0.25) is 4.34 Å². The number of aliphatic hydroxyl groups excluding tert-OH is 1. The van der Waals surface area contributed by atoms with E-state index in [0.29, 0.717) is 34.2 Å². The van der Waals surface area contributed by atoms with Gasteiger partial charge in [0, 0.05) is 44.6 Å². The van der Waals surface area contributed by atoms with E-state index in [1.807, 2.05) is 0 Å². The van der Waals surface area contributed by atoms with E-state index in [1.165, 1.54) is 28.2 Å². The van der Waals surface area contributed by atoms with Gasteiger partial charge in [-0.25, -0.2) is 12.8 Å². The second kappa shape index (κ2) is 12.1. The third-order valence-electron chi connectivity index (χ3n) is 6.97. The number of halogens is 2. The Balaban J connectivity index is 1.48. The zero-order valence-electron chi connectivity index (χ0n) is 22.0. The molecule has 11 nitrogen and oxygen atoms in total. The van der Waals surface area contributed by atoms with Crippen LogP contribution in [0.5, 0.6) is 5.75 Å². The molecule has 0 aliphatic carbocycles. The third-order valence-corrected chi connectivity index (χ3v) is 9.69. The Hall–Kier alpha value is -3.04. The number of hydrogen-bond donors (Lipinski definition) is 2. The molecule has 2 aromatic heterocycles. The van der Waals surface area contributed by atoms with Crippen molar-refractivity contribution in [3.05, 3.63) is 46.2 Å². The van der Waals surface area contributed by atoms with Crippen molar-refractivity contribution in [1.82, 2.24) is 14.8 Å². The number of sulfonamides is 1. The molecule has 2 aliphatic heterocycles. The first-order valence-corrected chi connectivity index (χ1v) is 15.6. The Morgan fingerprint density at radius 3 is 2.78 bits per heavy atom. The largest absolute Gasteiger partial charge is 0.493 e. The molecule has 2 saturated heterocycles. The number of likely N-dealkylation sites (tertiary alicyclic amines) is 1. The van der Waals surface area contributed by atoms with Crippen molar-refractivity contribution in [1.29, 1.82) is 0 Å². The molecule has 220 valence electrons. The van der Waals surface area contributed by atoms with Crippen molar-refractivity contribution in [2.24, 2.45) is 0 Å². The third kappa shape index (κ3) is 6.41. The first-order valence-electron chi connectivity index (χ1n) is 12.9. The maximum Gasteiger partial charge on any atom is 0.245 e. The van der Waals surface area contributed by atoms with Crippen molar-refractivity contribution in [2.45, 2.75) is 49.1 Å². The van der Waals surface area contributed by atoms with Gasteiger partial charge < -0.3 is 24.2 Å². The van der Waals surface area contributed by atoms with E-state index in [0.717, 1.165) is 12.1 Å². The molecule has 2 aliphatic rings. The highest BCUT2D eigenvalue weighted by Gasteiger charge is 2.36. The van der Waals surface area contributed by atoms with E-state index < -0.39 is 38.8 Å². The molecular formula is C26H28ClFN4O7S2. The summed E-state index contributed by atoms with van der Waals surface area (Å²) in [4.78, 5) is 28.9. The number of aromatic nitrogens is 1. The molecule has 41 heavy (non-hydrogen) atoms. The number of amides is 2. The Morgan fingerprint density at radius 2 is 2.12 bits per heavy atom. The molecule has 2 amide bonds. The number of rotatable bonds is 9. The Kier molecular flexibility index (Phi) is 8.66. The Bertz CT molecular complexity index is 1560. The quantitative estimate of drug-likeness (QED) is 0.369. The van der Waals surface area contributed by atoms with Crippen molar-refractivity contribution < 1.29 is 36.8 Å². The number of thiophene rings is 1. The lowest BCUT2D eigenvalue weighted by atomic mass is 10.1. The monoisotopic (exact) mass is 626 g/mol. The van der Waals surface area contributed by atoms with Gasteiger partial charge in [-0.2, -0.15) is 4.72 Å². The molecular weight excluding hydrogens is 599 g/mol. The fourth-order valence-corrected chi connectivity index (χ4v) is 7.37. The van der Waals surface area contributed by atoms with Gasteiger partial charge in [0.1, 0.15) is 16.8 Å². The van der Waals surface area contributed by atoms with Crippen molar-refractivity contribution >= 4 is 50.5 Å². The van der Waals surface area contributed by atoms with Crippen LogP contribution in [0.1, 0.15) is 31.4 Å². The molecule has 3 aromatic rings. The SMILES string of the molecule is COc1c(N2CCCCC2=O)cc(F)cc1S(=O)(=O)N[C@@H](Cc1cc(-c2ccc(Cl)s2)on1)C(=O)N1CC[C@@H](O)C1. The topological polar surface area (TPSA) is 142 Å². The number of nitrogens with one attached hydrogen (secondary N) is 1. The van der Waals surface area contributed by atoms with Crippen LogP contribution in [0.15, 0.2) is 39.8 Å². The second-order valence-corrected chi connectivity index (χ2v) is 13.2. The summed E-state index contributed by atoms with van der Waals surface area (Å²) in [6.07, 6.45) is 1.02. The van der Waals surface area contributed by atoms with Gasteiger partial charge in [-0.15, -0.1) is 11.3 Å². The highest BCUT2D eigenvalue weighted by molar-refractivity contribution is 7.89. The number of carbonyl (C=O) groups excluding carboxylic acids is 2. The molecule has 4 heterocycles. The number of piperidine rings is 1. The molecule has 0 unspecified atom stereocenters. The van der Waals surface area contributed by atoms with Gasteiger partial charge in [0.2, 0.25) is 21.8 Å². The summed E-state index contributed by atoms with van der Waals surface area (Å²) in [6.45, 7) is 0.563. The standard InChI is InChI=1S/C26H28ClFN4O7S2/c1-38-25-19(32-8-3-2-4-24(32)34)10-15(28)11-22(25)41(36,37)30-18(26(35)31-9-7-17(33)14-31)12-16-13-20(39-29-16)21-5-6-23(27)40-21/h5-6,10-11,13,17-18,30,33H,2-4,7-9,12,14H2,1H3/t17-,18+/m1/s1. The summed E-state index contributed by atoms with van der Waals surface area (Å²) in [5, 5.41) is 14.0. The number of methoxy groups -OCH3 is 1. The molecule has 0 spiro atoms. The fourth-order valence-electron chi connectivity index (χ4n) is 4.99. The van der Waals surface area contributed by atoms with Gasteiger partial charge in [0.05, 0.1) is 33.8 Å². The molecule has 0 bridgehead atoms. The smallest absolute Gasteiger partial charge is 0.245 e. The fraction of sp³-hybridized carbons (Fsp3) is 0.423. The molecule has 0 radical (unpaired) electrons. The minimum Gasteiger partial charge on any atom is -0.493 e. The average Bonchev–Trinajstić information content (AvgIpc) is 3.69. The summed E-state index contributed by atoms with van der Waals surface area (Å²) in [6, 6.07) is 5.50. The lowest BCUT2D eigenvalue weighted by molar-refractivity contribution is -0.132. The minimum atomic E-state index is -4.59. The van der Waals surface area contributed by atoms with Gasteiger partial charge in [-0.1, -0.05) is 16.8 Å². The number of ether oxygens (including phenoxy) is 1. The molecule has 2 atom stereocenters. The second-order valence-electron chi connectivity index (χ2n) is 9.85. The summed E-state index contributed by atoms with van der Waals surface area (Å²) < 4.78 is 56.1. The van der Waals surface area contributed by atoms with Crippen LogP contribution in [0.25, 0.3) is 10.6 Å². The molecule has 1 aromatic carbocycles. The Labute approximate surface area is 244 Å². The first kappa shape index (κ1) is 29.5. The normalized spacial score (nSPS) is 18.6. The van der Waals surface area contributed by atoms with E-state index >= 15 is 0 Å². The van der Waals surface area contributed by atoms with Gasteiger partial charge in [0.25, 0.3) is 0 Å². The van der Waals surface area contributed by atoms with Gasteiger partial charge in [0.15, 0.2) is 11.5 Å². The van der Waals surface area contributed by atoms with Gasteiger partial charge in [-0.3, -0.25) is 9.59 Å². The number of aliphatic hydroxyl groups is 1. The van der Waals surface area contributed by atoms with E-state index in [4.69, 9.17) is 20.9 Å². The van der Waals surface area contributed by atoms with Crippen LogP contribution in [-0.2, 0) is 26.0 Å². The van der Waals surface area contributed by atoms with Crippen LogP contribution in [-0.4, -0.2) is 74.3 Å². The van der Waals surface area contributed by atoms with Gasteiger partial charge in [-0.05, 0) is 37.5 Å². The first-order chi connectivity index (χ1) is 19.6. The zero-order valence-corrected chi connectivity index (χ0v) is 24.4. The lowest BCUT2D eigenvalue weighted by Gasteiger charge is -2.29. The number of carbonyl (C=O) groups is 2. The highest BCUT2D eigenvalue weighted by Crippen LogP contribution is 2.38. The number of anilines is 1. The molecule has 2 N–H and O–H groups in total. The minimum absolute atomic E-state index is 0.00105. The van der Waals surface area contributed by atoms with Gasteiger partial charge >= 0.3 is 0 Å². The van der Waals surface area contributed by atoms with Crippen LogP contribution in [0.4, 0.5) is 10.1 Å². The summed E-state index contributed by atoms with van der Waals surface area (Å²) in [7, 11) is -3.36. The average molecular weight is 627 g/mol. The predicted molar refractivity (Wildman–Crippen MR) is 149 cm³/mol. The summed E-state index contributed by atoms with van der Waals surface area (Å²) in [5.74, 6) is -1.57. The number of β-amino-alcohol motifs (C(OH)–C–C–N with tert-alkyl or cyclic N) is 1. The summed E-state index contributed by atoms with van der Waals surface area (Å²) in [5.41, 5.74) is 0.287. The van der Waals surface area contributed by atoms with E-state index in [-0.39, 0.29) is 55.5 Å². The lowest BCUT2D eigenvalue weighted by Crippen LogP contribution is -2.49. The van der Waals surface area contributed by atoms with Crippen LogP contribution in [0, 0.1) is 5.82 Å². The molecule has 5 rings (SSSR count). The molecule has 2 fully saturated rings. The maximum atomic E-state index is 14.8. The zero-order chi connectivity index (χ0) is 29.3. The van der Waals surface area contributed by atoms with Crippen molar-refractivity contribution in [2.75, 3.05) is 31.6 Å². The van der Waals surface area contributed by atoms with Crippen molar-refractivity contribution in [3.8, 4) is 16.4 Å². The predicted octanol–water partition coefficient (Wildman–Crippen LogP) is 3.20. The van der Waals surface area contributed by atoms with Crippen LogP contribution < -0.4 is 14.4 Å². The van der Waals surface area contributed by atoms with Crippen LogP contribution >= 0.6 is 22.9 Å². The van der Waals surface area contributed by atoms with E-state index in [9.17, 15) is 27.5 Å². The number of benzene rings is 1. The summed E-state index contributed by atoms with van der Waals surface area (Å²) >= 11 is 7.28.